The largest absolute Gasteiger partial charge is 0.485 e. The summed E-state index contributed by atoms with van der Waals surface area (Å²) in [6, 6.07) is 20.9. The summed E-state index contributed by atoms with van der Waals surface area (Å²) in [6.45, 7) is 11.2. The number of carbonyl (C=O) groups excluding carboxylic acids is 1. The summed E-state index contributed by atoms with van der Waals surface area (Å²) >= 11 is 0. The maximum absolute atomic E-state index is 10.6. The third-order valence-corrected chi connectivity index (χ3v) is 7.07. The van der Waals surface area contributed by atoms with Crippen molar-refractivity contribution in [2.45, 2.75) is 52.4 Å². The Morgan fingerprint density at radius 2 is 1.92 bits per heavy atom. The minimum absolute atomic E-state index is 0.0119. The molecule has 0 amide bonds. The molecule has 0 aliphatic carbocycles. The van der Waals surface area contributed by atoms with Gasteiger partial charge in [0, 0.05) is 19.6 Å². The van der Waals surface area contributed by atoms with Gasteiger partial charge in [-0.05, 0) is 78.4 Å². The van der Waals surface area contributed by atoms with Gasteiger partial charge in [0.05, 0.1) is 5.56 Å². The number of hydrogen-bond donors (Lipinski definition) is 0. The fourth-order valence-electron chi connectivity index (χ4n) is 4.92. The monoisotopic (exact) mass is 495 g/mol. The van der Waals surface area contributed by atoms with Crippen molar-refractivity contribution < 1.29 is 14.3 Å². The average Bonchev–Trinajstić information content (AvgIpc) is 2.93. The first-order chi connectivity index (χ1) is 18.1. The number of hydrogen-bond acceptors (Lipinski definition) is 6. The van der Waals surface area contributed by atoms with E-state index in [1.165, 1.54) is 16.7 Å². The highest BCUT2D eigenvalue weighted by molar-refractivity contribution is 5.69. The lowest BCUT2D eigenvalue weighted by atomic mass is 9.95. The van der Waals surface area contributed by atoms with Gasteiger partial charge in [-0.15, -0.1) is 0 Å². The molecule has 0 spiro atoms. The molecule has 1 aliphatic heterocycles. The Kier molecular flexibility index (Phi) is 8.71. The van der Waals surface area contributed by atoms with Crippen LogP contribution in [0.2, 0.25) is 0 Å². The number of aliphatic imine (C=N–C) groups is 1. The molecule has 6 heteroatoms. The highest BCUT2D eigenvalue weighted by Crippen LogP contribution is 2.35. The van der Waals surface area contributed by atoms with Gasteiger partial charge in [0.2, 0.25) is 0 Å². The Morgan fingerprint density at radius 3 is 2.62 bits per heavy atom. The van der Waals surface area contributed by atoms with E-state index in [1.807, 2.05) is 18.2 Å². The standard InChI is InChI=1S/C31H33N3O3/c1-4-23-7-5-8-25(15-23)29-10-6-9-26(22(29)2)20-36-31-27(18-32)16-24(17-30(31)33-3)19-34-13-11-28(12-14-34)37-21-35/h5-10,15-17,21,28H,3-4,11-14,19-20H2,1-2H3. The molecule has 6 nitrogen and oxygen atoms in total. The first-order valence-corrected chi connectivity index (χ1v) is 12.7. The molecular weight excluding hydrogens is 462 g/mol. The van der Waals surface area contributed by atoms with Gasteiger partial charge in [0.1, 0.15) is 24.5 Å². The van der Waals surface area contributed by atoms with E-state index < -0.39 is 0 Å². The van der Waals surface area contributed by atoms with E-state index in [-0.39, 0.29) is 6.10 Å². The molecule has 0 bridgehead atoms. The van der Waals surface area contributed by atoms with Crippen molar-refractivity contribution in [3.63, 3.8) is 0 Å². The second-order valence-electron chi connectivity index (χ2n) is 9.40. The lowest BCUT2D eigenvalue weighted by Crippen LogP contribution is -2.36. The Morgan fingerprint density at radius 1 is 1.14 bits per heavy atom. The predicted molar refractivity (Wildman–Crippen MR) is 146 cm³/mol. The number of aryl methyl sites for hydroxylation is 1. The van der Waals surface area contributed by atoms with Crippen molar-refractivity contribution in [3.8, 4) is 22.9 Å². The van der Waals surface area contributed by atoms with E-state index in [2.05, 4.69) is 72.9 Å². The molecular formula is C31H33N3O3. The number of rotatable bonds is 10. The van der Waals surface area contributed by atoms with Crippen LogP contribution in [0.3, 0.4) is 0 Å². The lowest BCUT2D eigenvalue weighted by molar-refractivity contribution is -0.135. The Balaban J connectivity index is 1.51. The van der Waals surface area contributed by atoms with Crippen LogP contribution in [0.1, 0.15) is 47.6 Å². The Bertz CT molecular complexity index is 1300. The van der Waals surface area contributed by atoms with E-state index in [0.29, 0.717) is 36.6 Å². The average molecular weight is 496 g/mol. The molecule has 0 radical (unpaired) electrons. The van der Waals surface area contributed by atoms with Gasteiger partial charge >= 0.3 is 0 Å². The van der Waals surface area contributed by atoms with Gasteiger partial charge in [0.15, 0.2) is 5.75 Å². The molecule has 1 aliphatic rings. The van der Waals surface area contributed by atoms with E-state index in [4.69, 9.17) is 9.47 Å². The lowest BCUT2D eigenvalue weighted by Gasteiger charge is -2.31. The van der Waals surface area contributed by atoms with Crippen LogP contribution in [0.25, 0.3) is 11.1 Å². The fraction of sp³-hybridized carbons (Fsp3) is 0.323. The molecule has 0 atom stereocenters. The zero-order valence-corrected chi connectivity index (χ0v) is 21.6. The molecule has 0 unspecified atom stereocenters. The summed E-state index contributed by atoms with van der Waals surface area (Å²) in [7, 11) is 0. The number of nitriles is 1. The summed E-state index contributed by atoms with van der Waals surface area (Å²) in [6.07, 6.45) is 2.59. The highest BCUT2D eigenvalue weighted by atomic mass is 16.5. The maximum atomic E-state index is 10.6. The first-order valence-electron chi connectivity index (χ1n) is 12.7. The van der Waals surface area contributed by atoms with Crippen LogP contribution in [0, 0.1) is 18.3 Å². The van der Waals surface area contributed by atoms with E-state index in [1.54, 1.807) is 0 Å². The number of nitrogens with zero attached hydrogens (tertiary/aromatic N) is 3. The van der Waals surface area contributed by atoms with Gasteiger partial charge in [-0.25, -0.2) is 0 Å². The van der Waals surface area contributed by atoms with Crippen LogP contribution in [-0.4, -0.2) is 37.3 Å². The fourth-order valence-corrected chi connectivity index (χ4v) is 4.92. The SMILES string of the molecule is C=Nc1cc(CN2CCC(OC=O)CC2)cc(C#N)c1OCc1cccc(-c2cccc(CC)c2)c1C. The van der Waals surface area contributed by atoms with Crippen LogP contribution >= 0.6 is 0 Å². The third kappa shape index (κ3) is 6.25. The van der Waals surface area contributed by atoms with Crippen LogP contribution in [-0.2, 0) is 29.1 Å². The number of benzene rings is 3. The predicted octanol–water partition coefficient (Wildman–Crippen LogP) is 6.14. The van der Waals surface area contributed by atoms with Gasteiger partial charge < -0.3 is 9.47 Å². The smallest absolute Gasteiger partial charge is 0.293 e. The van der Waals surface area contributed by atoms with Crippen molar-refractivity contribution in [3.05, 3.63) is 82.4 Å². The third-order valence-electron chi connectivity index (χ3n) is 7.07. The van der Waals surface area contributed by atoms with Crippen LogP contribution in [0.5, 0.6) is 5.75 Å². The van der Waals surface area contributed by atoms with Crippen molar-refractivity contribution in [2.75, 3.05) is 13.1 Å². The summed E-state index contributed by atoms with van der Waals surface area (Å²) in [5, 5.41) is 9.90. The number of ether oxygens (including phenoxy) is 2. The Labute approximate surface area is 219 Å². The minimum atomic E-state index is -0.0119. The molecule has 4 rings (SSSR count). The number of carbonyl (C=O) groups is 1. The van der Waals surface area contributed by atoms with Crippen molar-refractivity contribution in [2.24, 2.45) is 4.99 Å². The van der Waals surface area contributed by atoms with E-state index in [0.717, 1.165) is 49.0 Å². The Hall–Kier alpha value is -3.95. The quantitative estimate of drug-likeness (QED) is 0.249. The molecule has 3 aromatic rings. The summed E-state index contributed by atoms with van der Waals surface area (Å²) in [5.41, 5.74) is 7.88. The minimum Gasteiger partial charge on any atom is -0.485 e. The second-order valence-corrected chi connectivity index (χ2v) is 9.40. The zero-order chi connectivity index (χ0) is 26.2. The number of piperidine rings is 1. The van der Waals surface area contributed by atoms with Crippen molar-refractivity contribution >= 4 is 18.9 Å². The summed E-state index contributed by atoms with van der Waals surface area (Å²) in [5.74, 6) is 0.456. The van der Waals surface area contributed by atoms with Gasteiger partial charge in [-0.3, -0.25) is 14.7 Å². The zero-order valence-electron chi connectivity index (χ0n) is 21.6. The number of likely N-dealkylation sites (tertiary alicyclic amines) is 1. The summed E-state index contributed by atoms with van der Waals surface area (Å²) in [4.78, 5) is 17.1. The normalized spacial score (nSPS) is 14.1. The van der Waals surface area contributed by atoms with E-state index in [9.17, 15) is 10.1 Å². The first kappa shape index (κ1) is 26.1. The van der Waals surface area contributed by atoms with Crippen LogP contribution in [0.4, 0.5) is 5.69 Å². The molecule has 37 heavy (non-hydrogen) atoms. The molecule has 0 saturated carbocycles. The van der Waals surface area contributed by atoms with Gasteiger partial charge in [-0.1, -0.05) is 49.4 Å². The molecule has 1 fully saturated rings. The van der Waals surface area contributed by atoms with E-state index >= 15 is 0 Å². The molecule has 0 N–H and O–H groups in total. The molecule has 3 aromatic carbocycles. The van der Waals surface area contributed by atoms with Crippen molar-refractivity contribution in [1.29, 1.82) is 5.26 Å². The molecule has 1 heterocycles. The highest BCUT2D eigenvalue weighted by Gasteiger charge is 2.21. The van der Waals surface area contributed by atoms with Crippen molar-refractivity contribution in [1.82, 2.24) is 4.90 Å². The summed E-state index contributed by atoms with van der Waals surface area (Å²) < 4.78 is 11.3. The van der Waals surface area contributed by atoms with Gasteiger partial charge in [0.25, 0.3) is 6.47 Å². The molecule has 0 aromatic heterocycles. The van der Waals surface area contributed by atoms with Crippen LogP contribution < -0.4 is 4.74 Å². The molecule has 190 valence electrons. The maximum Gasteiger partial charge on any atom is 0.293 e. The van der Waals surface area contributed by atoms with Gasteiger partial charge in [-0.2, -0.15) is 5.26 Å². The topological polar surface area (TPSA) is 74.9 Å². The second kappa shape index (κ2) is 12.3. The molecule has 1 saturated heterocycles. The van der Waals surface area contributed by atoms with Crippen LogP contribution in [0.15, 0.2) is 59.6 Å².